The van der Waals surface area contributed by atoms with Crippen LogP contribution < -0.4 is 5.32 Å². The van der Waals surface area contributed by atoms with Crippen molar-refractivity contribution in [2.45, 2.75) is 26.7 Å². The van der Waals surface area contributed by atoms with Crippen molar-refractivity contribution in [1.82, 2.24) is 5.32 Å². The molecule has 1 aromatic rings. The summed E-state index contributed by atoms with van der Waals surface area (Å²) in [6, 6.07) is 3.76. The van der Waals surface area contributed by atoms with E-state index in [1.807, 2.05) is 26.0 Å². The molecule has 0 unspecified atom stereocenters. The largest absolute Gasteiger partial charge is 0.506 e. The van der Waals surface area contributed by atoms with Crippen molar-refractivity contribution in [2.75, 3.05) is 19.8 Å². The standard InChI is InChI=1S/C13H19Br2NO3/c1-3-18-12(19-4-2)8-16-7-9-5-10(14)13(17)11(15)6-9/h5-6,12,16-17H,3-4,7-8H2,1-2H3. The van der Waals surface area contributed by atoms with Crippen LogP contribution in [0.1, 0.15) is 19.4 Å². The third kappa shape index (κ3) is 5.79. The molecule has 0 heterocycles. The highest BCUT2D eigenvalue weighted by Gasteiger charge is 2.09. The molecule has 0 aliphatic rings. The van der Waals surface area contributed by atoms with Gasteiger partial charge in [-0.3, -0.25) is 0 Å². The Hall–Kier alpha value is -0.140. The molecule has 1 aromatic carbocycles. The van der Waals surface area contributed by atoms with Gasteiger partial charge < -0.3 is 19.9 Å². The molecule has 0 spiro atoms. The molecule has 19 heavy (non-hydrogen) atoms. The molecule has 0 saturated carbocycles. The lowest BCUT2D eigenvalue weighted by Crippen LogP contribution is -2.31. The Kier molecular flexibility index (Phi) is 7.94. The van der Waals surface area contributed by atoms with Crippen LogP contribution in [0.2, 0.25) is 0 Å². The number of benzene rings is 1. The molecule has 0 aliphatic carbocycles. The molecule has 108 valence electrons. The Morgan fingerprint density at radius 1 is 1.16 bits per heavy atom. The number of phenols is 1. The van der Waals surface area contributed by atoms with Gasteiger partial charge >= 0.3 is 0 Å². The van der Waals surface area contributed by atoms with Gasteiger partial charge in [0.15, 0.2) is 6.29 Å². The maximum Gasteiger partial charge on any atom is 0.169 e. The smallest absolute Gasteiger partial charge is 0.169 e. The lowest BCUT2D eigenvalue weighted by atomic mass is 10.2. The predicted octanol–water partition coefficient (Wildman–Crippen LogP) is 3.41. The first-order chi connectivity index (χ1) is 9.08. The molecule has 0 bridgehead atoms. The SMILES string of the molecule is CCOC(CNCc1cc(Br)c(O)c(Br)c1)OCC. The number of aromatic hydroxyl groups is 1. The second kappa shape index (κ2) is 8.92. The quantitative estimate of drug-likeness (QED) is 0.661. The molecule has 4 nitrogen and oxygen atoms in total. The average molecular weight is 397 g/mol. The molecule has 0 aliphatic heterocycles. The van der Waals surface area contributed by atoms with E-state index in [2.05, 4.69) is 37.2 Å². The van der Waals surface area contributed by atoms with Crippen molar-refractivity contribution < 1.29 is 14.6 Å². The van der Waals surface area contributed by atoms with E-state index in [1.165, 1.54) is 0 Å². The second-order valence-electron chi connectivity index (χ2n) is 3.88. The number of halogens is 2. The number of ether oxygens (including phenoxy) is 2. The third-order valence-electron chi connectivity index (χ3n) is 2.42. The summed E-state index contributed by atoms with van der Waals surface area (Å²) in [6.45, 7) is 6.44. The normalized spacial score (nSPS) is 11.2. The van der Waals surface area contributed by atoms with Gasteiger partial charge in [0.2, 0.25) is 0 Å². The van der Waals surface area contributed by atoms with Crippen LogP contribution in [-0.4, -0.2) is 31.2 Å². The molecule has 2 N–H and O–H groups in total. The van der Waals surface area contributed by atoms with E-state index in [0.717, 1.165) is 5.56 Å². The molecule has 0 fully saturated rings. The summed E-state index contributed by atoms with van der Waals surface area (Å²) in [7, 11) is 0. The first-order valence-corrected chi connectivity index (χ1v) is 7.77. The van der Waals surface area contributed by atoms with E-state index < -0.39 is 0 Å². The zero-order valence-electron chi connectivity index (χ0n) is 11.1. The van der Waals surface area contributed by atoms with Gasteiger partial charge in [0.05, 0.1) is 8.95 Å². The minimum atomic E-state index is -0.223. The molecular formula is C13H19Br2NO3. The third-order valence-corrected chi connectivity index (χ3v) is 3.63. The number of hydrogen-bond donors (Lipinski definition) is 2. The summed E-state index contributed by atoms with van der Waals surface area (Å²) in [4.78, 5) is 0. The van der Waals surface area contributed by atoms with Gasteiger partial charge in [0.25, 0.3) is 0 Å². The summed E-state index contributed by atoms with van der Waals surface area (Å²) in [5.41, 5.74) is 1.06. The minimum Gasteiger partial charge on any atom is -0.506 e. The zero-order valence-corrected chi connectivity index (χ0v) is 14.3. The molecular weight excluding hydrogens is 378 g/mol. The molecule has 0 amide bonds. The number of rotatable bonds is 8. The number of nitrogens with one attached hydrogen (secondary N) is 1. The predicted molar refractivity (Wildman–Crippen MR) is 82.3 cm³/mol. The zero-order chi connectivity index (χ0) is 14.3. The highest BCUT2D eigenvalue weighted by atomic mass is 79.9. The average Bonchev–Trinajstić information content (AvgIpc) is 2.36. The van der Waals surface area contributed by atoms with Crippen LogP contribution in [0.5, 0.6) is 5.75 Å². The second-order valence-corrected chi connectivity index (χ2v) is 5.59. The fourth-order valence-corrected chi connectivity index (χ4v) is 2.87. The summed E-state index contributed by atoms with van der Waals surface area (Å²) in [5, 5.41) is 12.9. The van der Waals surface area contributed by atoms with Gasteiger partial charge in [-0.2, -0.15) is 0 Å². The fraction of sp³-hybridized carbons (Fsp3) is 0.538. The summed E-state index contributed by atoms with van der Waals surface area (Å²) in [5.74, 6) is 0.213. The van der Waals surface area contributed by atoms with Crippen molar-refractivity contribution in [2.24, 2.45) is 0 Å². The topological polar surface area (TPSA) is 50.7 Å². The molecule has 1 rings (SSSR count). The van der Waals surface area contributed by atoms with E-state index in [-0.39, 0.29) is 12.0 Å². The van der Waals surface area contributed by atoms with Crippen molar-refractivity contribution in [1.29, 1.82) is 0 Å². The van der Waals surface area contributed by atoms with Crippen LogP contribution in [0, 0.1) is 0 Å². The van der Waals surface area contributed by atoms with Crippen LogP contribution in [0.15, 0.2) is 21.1 Å². The lowest BCUT2D eigenvalue weighted by molar-refractivity contribution is -0.133. The Balaban J connectivity index is 2.48. The molecule has 0 aromatic heterocycles. The van der Waals surface area contributed by atoms with Crippen molar-refractivity contribution >= 4 is 31.9 Å². The monoisotopic (exact) mass is 395 g/mol. The Morgan fingerprint density at radius 2 is 1.68 bits per heavy atom. The molecule has 0 atom stereocenters. The van der Waals surface area contributed by atoms with Gasteiger partial charge in [0, 0.05) is 26.3 Å². The molecule has 0 radical (unpaired) electrons. The minimum absolute atomic E-state index is 0.213. The van der Waals surface area contributed by atoms with E-state index in [0.29, 0.717) is 35.2 Å². The van der Waals surface area contributed by atoms with Gasteiger partial charge in [-0.1, -0.05) is 0 Å². The maximum atomic E-state index is 9.63. The first kappa shape index (κ1) is 16.9. The maximum absolute atomic E-state index is 9.63. The number of hydrogen-bond acceptors (Lipinski definition) is 4. The Morgan fingerprint density at radius 3 is 2.16 bits per heavy atom. The highest BCUT2D eigenvalue weighted by Crippen LogP contribution is 2.33. The first-order valence-electron chi connectivity index (χ1n) is 6.19. The molecule has 6 heteroatoms. The van der Waals surface area contributed by atoms with E-state index in [9.17, 15) is 5.11 Å². The van der Waals surface area contributed by atoms with E-state index in [1.54, 1.807) is 0 Å². The fourth-order valence-electron chi connectivity index (χ4n) is 1.59. The van der Waals surface area contributed by atoms with Gasteiger partial charge in [-0.05, 0) is 63.4 Å². The lowest BCUT2D eigenvalue weighted by Gasteiger charge is -2.17. The van der Waals surface area contributed by atoms with Crippen LogP contribution >= 0.6 is 31.9 Å². The summed E-state index contributed by atoms with van der Waals surface area (Å²) >= 11 is 6.62. The van der Waals surface area contributed by atoms with Crippen molar-refractivity contribution in [3.8, 4) is 5.75 Å². The Bertz CT molecular complexity index is 372. The molecule has 0 saturated heterocycles. The van der Waals surface area contributed by atoms with Crippen molar-refractivity contribution in [3.63, 3.8) is 0 Å². The summed E-state index contributed by atoms with van der Waals surface area (Å²) < 4.78 is 12.2. The van der Waals surface area contributed by atoms with Gasteiger partial charge in [-0.15, -0.1) is 0 Å². The van der Waals surface area contributed by atoms with Crippen LogP contribution in [0.3, 0.4) is 0 Å². The summed E-state index contributed by atoms with van der Waals surface area (Å²) in [6.07, 6.45) is -0.223. The van der Waals surface area contributed by atoms with E-state index in [4.69, 9.17) is 9.47 Å². The highest BCUT2D eigenvalue weighted by molar-refractivity contribution is 9.11. The van der Waals surface area contributed by atoms with Crippen LogP contribution in [0.25, 0.3) is 0 Å². The van der Waals surface area contributed by atoms with Crippen LogP contribution in [-0.2, 0) is 16.0 Å². The number of phenolic OH excluding ortho intramolecular Hbond substituents is 1. The van der Waals surface area contributed by atoms with Crippen LogP contribution in [0.4, 0.5) is 0 Å². The van der Waals surface area contributed by atoms with Gasteiger partial charge in [-0.25, -0.2) is 0 Å². The van der Waals surface area contributed by atoms with Gasteiger partial charge in [0.1, 0.15) is 5.75 Å². The van der Waals surface area contributed by atoms with E-state index >= 15 is 0 Å². The van der Waals surface area contributed by atoms with Crippen molar-refractivity contribution in [3.05, 3.63) is 26.6 Å². The Labute approximate surface area is 130 Å².